The predicted octanol–water partition coefficient (Wildman–Crippen LogP) is 7.86. The molecule has 4 fully saturated rings. The minimum atomic E-state index is 0.433. The highest BCUT2D eigenvalue weighted by Gasteiger charge is 2.48. The van der Waals surface area contributed by atoms with E-state index in [-0.39, 0.29) is 0 Å². The van der Waals surface area contributed by atoms with Crippen molar-refractivity contribution in [1.82, 2.24) is 9.80 Å². The summed E-state index contributed by atoms with van der Waals surface area (Å²) in [5, 5.41) is 0. The Kier molecular flexibility index (Phi) is 8.87. The van der Waals surface area contributed by atoms with Crippen LogP contribution in [-0.2, 0) is 0 Å². The van der Waals surface area contributed by atoms with E-state index in [1.54, 1.807) is 0 Å². The van der Waals surface area contributed by atoms with E-state index < -0.39 is 0 Å². The molecule has 0 spiro atoms. The highest BCUT2D eigenvalue weighted by molar-refractivity contribution is 7.99. The Morgan fingerprint density at radius 2 is 1.06 bits per heavy atom. The van der Waals surface area contributed by atoms with Crippen LogP contribution in [0.25, 0.3) is 0 Å². The molecule has 4 rings (SSSR count). The van der Waals surface area contributed by atoms with Crippen LogP contribution in [0.15, 0.2) is 0 Å². The van der Waals surface area contributed by atoms with Crippen molar-refractivity contribution >= 4 is 11.8 Å². The van der Waals surface area contributed by atoms with E-state index >= 15 is 0 Å². The number of likely N-dealkylation sites (tertiary alicyclic amines) is 2. The minimum absolute atomic E-state index is 0.433. The maximum Gasteiger partial charge on any atom is 0.0181 e. The third-order valence-electron chi connectivity index (χ3n) is 11.7. The smallest absolute Gasteiger partial charge is 0.0181 e. The first-order valence-corrected chi connectivity index (χ1v) is 16.0. The Labute approximate surface area is 211 Å². The molecule has 8 atom stereocenters. The van der Waals surface area contributed by atoms with Crippen molar-refractivity contribution in [2.45, 2.75) is 141 Å². The highest BCUT2D eigenvalue weighted by atomic mass is 32.2. The Morgan fingerprint density at radius 3 is 1.45 bits per heavy atom. The van der Waals surface area contributed by atoms with E-state index in [4.69, 9.17) is 0 Å². The maximum atomic E-state index is 2.81. The van der Waals surface area contributed by atoms with Crippen LogP contribution in [0.4, 0.5) is 0 Å². The van der Waals surface area contributed by atoms with Crippen LogP contribution < -0.4 is 0 Å². The molecule has 2 saturated heterocycles. The molecule has 0 radical (unpaired) electrons. The van der Waals surface area contributed by atoms with Crippen LogP contribution >= 0.6 is 11.8 Å². The normalized spacial score (nSPS) is 44.9. The van der Waals surface area contributed by atoms with Gasteiger partial charge in [-0.3, -0.25) is 9.80 Å². The summed E-state index contributed by atoms with van der Waals surface area (Å²) < 4.78 is 0. The number of fused-ring (bicyclic) bond motifs is 2. The standard InChI is InChI=1S/C30H56N2S/c1-7-29(3)21-23(25-13-9-11-15-27(25)31(29)5)17-19-33-20-18-24-22-30(4,8-2)32(6)28-16-12-10-14-26(24)28/h23-28H,7-22H2,1-6H3. The van der Waals surface area contributed by atoms with Crippen LogP contribution in [0.3, 0.4) is 0 Å². The summed E-state index contributed by atoms with van der Waals surface area (Å²) in [7, 11) is 4.89. The summed E-state index contributed by atoms with van der Waals surface area (Å²) in [5.41, 5.74) is 0.866. The molecule has 2 saturated carbocycles. The molecule has 2 aliphatic carbocycles. The van der Waals surface area contributed by atoms with Gasteiger partial charge in [-0.15, -0.1) is 0 Å². The number of hydrogen-bond donors (Lipinski definition) is 0. The zero-order valence-corrected chi connectivity index (χ0v) is 23.9. The maximum absolute atomic E-state index is 2.81. The largest absolute Gasteiger partial charge is 0.298 e. The summed E-state index contributed by atoms with van der Waals surface area (Å²) in [6.45, 7) is 9.97. The van der Waals surface area contributed by atoms with Gasteiger partial charge in [-0.2, -0.15) is 11.8 Å². The van der Waals surface area contributed by atoms with Crippen molar-refractivity contribution in [2.24, 2.45) is 23.7 Å². The number of piperidine rings is 2. The lowest BCUT2D eigenvalue weighted by molar-refractivity contribution is -0.0570. The summed E-state index contributed by atoms with van der Waals surface area (Å²) in [6.07, 6.45) is 20.2. The van der Waals surface area contributed by atoms with Crippen LogP contribution in [0.5, 0.6) is 0 Å². The van der Waals surface area contributed by atoms with E-state index in [2.05, 4.69) is 63.4 Å². The molecule has 8 unspecified atom stereocenters. The molecule has 2 aliphatic heterocycles. The van der Waals surface area contributed by atoms with Gasteiger partial charge in [-0.1, -0.05) is 39.5 Å². The van der Waals surface area contributed by atoms with Gasteiger partial charge >= 0.3 is 0 Å². The van der Waals surface area contributed by atoms with E-state index in [0.717, 1.165) is 35.8 Å². The molecule has 0 aromatic heterocycles. The van der Waals surface area contributed by atoms with E-state index in [0.29, 0.717) is 11.1 Å². The number of thioether (sulfide) groups is 1. The average Bonchev–Trinajstić information content (AvgIpc) is 2.85. The average molecular weight is 477 g/mol. The van der Waals surface area contributed by atoms with Crippen molar-refractivity contribution in [1.29, 1.82) is 0 Å². The van der Waals surface area contributed by atoms with Gasteiger partial charge in [-0.25, -0.2) is 0 Å². The molecule has 192 valence electrons. The quantitative estimate of drug-likeness (QED) is 0.329. The third kappa shape index (κ3) is 5.36. The minimum Gasteiger partial charge on any atom is -0.298 e. The number of hydrogen-bond acceptors (Lipinski definition) is 3. The number of rotatable bonds is 8. The lowest BCUT2D eigenvalue weighted by Gasteiger charge is -2.56. The second-order valence-electron chi connectivity index (χ2n) is 13.1. The van der Waals surface area contributed by atoms with Gasteiger partial charge in [0.15, 0.2) is 0 Å². The van der Waals surface area contributed by atoms with Crippen LogP contribution in [0.1, 0.15) is 118 Å². The third-order valence-corrected chi connectivity index (χ3v) is 12.7. The van der Waals surface area contributed by atoms with Crippen molar-refractivity contribution < 1.29 is 0 Å². The van der Waals surface area contributed by atoms with Gasteiger partial charge in [0, 0.05) is 23.2 Å². The first-order chi connectivity index (χ1) is 15.8. The molecular weight excluding hydrogens is 420 g/mol. The Morgan fingerprint density at radius 1 is 0.667 bits per heavy atom. The SMILES string of the molecule is CCC1(C)CC(CCSCCC2CC(C)(CC)N(C)C3CCCCC23)C2CCCCC2N1C. The van der Waals surface area contributed by atoms with Gasteiger partial charge in [-0.05, 0) is 127 Å². The molecule has 0 N–H and O–H groups in total. The predicted molar refractivity (Wildman–Crippen MR) is 147 cm³/mol. The lowest BCUT2D eigenvalue weighted by atomic mass is 9.65. The molecule has 0 aromatic rings. The Bertz CT molecular complexity index is 572. The summed E-state index contributed by atoms with van der Waals surface area (Å²) in [5.74, 6) is 6.71. The molecule has 0 aromatic carbocycles. The summed E-state index contributed by atoms with van der Waals surface area (Å²) >= 11 is 2.31. The van der Waals surface area contributed by atoms with Crippen LogP contribution in [0.2, 0.25) is 0 Å². The fourth-order valence-electron chi connectivity index (χ4n) is 8.85. The topological polar surface area (TPSA) is 6.48 Å². The van der Waals surface area contributed by atoms with Crippen molar-refractivity contribution in [3.63, 3.8) is 0 Å². The van der Waals surface area contributed by atoms with Gasteiger partial charge in [0.2, 0.25) is 0 Å². The first-order valence-electron chi connectivity index (χ1n) is 14.9. The monoisotopic (exact) mass is 476 g/mol. The molecular formula is C30H56N2S. The molecule has 0 amide bonds. The van der Waals surface area contributed by atoms with Crippen LogP contribution in [-0.4, -0.2) is 58.6 Å². The van der Waals surface area contributed by atoms with Crippen molar-refractivity contribution in [3.05, 3.63) is 0 Å². The second-order valence-corrected chi connectivity index (χ2v) is 14.3. The van der Waals surface area contributed by atoms with Crippen molar-refractivity contribution in [3.8, 4) is 0 Å². The summed E-state index contributed by atoms with van der Waals surface area (Å²) in [4.78, 5) is 5.62. The van der Waals surface area contributed by atoms with E-state index in [1.807, 2.05) is 0 Å². The molecule has 2 heterocycles. The zero-order chi connectivity index (χ0) is 23.6. The highest BCUT2D eigenvalue weighted by Crippen LogP contribution is 2.49. The van der Waals surface area contributed by atoms with Gasteiger partial charge in [0.1, 0.15) is 0 Å². The molecule has 2 nitrogen and oxygen atoms in total. The molecule has 3 heteroatoms. The second kappa shape index (κ2) is 11.1. The van der Waals surface area contributed by atoms with E-state index in [1.165, 1.54) is 101 Å². The van der Waals surface area contributed by atoms with Crippen molar-refractivity contribution in [2.75, 3.05) is 25.6 Å². The number of nitrogens with zero attached hydrogens (tertiary/aromatic N) is 2. The zero-order valence-electron chi connectivity index (χ0n) is 23.1. The fraction of sp³-hybridized carbons (Fsp3) is 1.00. The van der Waals surface area contributed by atoms with Gasteiger partial charge in [0.25, 0.3) is 0 Å². The molecule has 33 heavy (non-hydrogen) atoms. The Balaban J connectivity index is 1.28. The summed E-state index contributed by atoms with van der Waals surface area (Å²) in [6, 6.07) is 1.73. The van der Waals surface area contributed by atoms with Crippen LogP contribution in [0, 0.1) is 23.7 Å². The fourth-order valence-corrected chi connectivity index (χ4v) is 10.00. The lowest BCUT2D eigenvalue weighted by Crippen LogP contribution is -2.59. The van der Waals surface area contributed by atoms with E-state index in [9.17, 15) is 0 Å². The molecule has 4 aliphatic rings. The van der Waals surface area contributed by atoms with Gasteiger partial charge in [0.05, 0.1) is 0 Å². The Hall–Kier alpha value is 0.270. The molecule has 0 bridgehead atoms. The first kappa shape index (κ1) is 26.3. The van der Waals surface area contributed by atoms with Gasteiger partial charge < -0.3 is 0 Å².